The van der Waals surface area contributed by atoms with Crippen molar-refractivity contribution in [3.8, 4) is 23.5 Å². The van der Waals surface area contributed by atoms with E-state index in [0.717, 1.165) is 11.9 Å². The molecule has 300 valence electrons. The zero-order chi connectivity index (χ0) is 50.1. The highest BCUT2D eigenvalue weighted by molar-refractivity contribution is 6.76. The summed E-state index contributed by atoms with van der Waals surface area (Å²) in [7, 11) is 56.9. The Bertz CT molecular complexity index is 3880. The van der Waals surface area contributed by atoms with Crippen LogP contribution in [0.5, 0.6) is 0 Å². The number of hydrogen-bond donors (Lipinski definition) is 0. The molecule has 1 aliphatic rings. The summed E-state index contributed by atoms with van der Waals surface area (Å²) >= 11 is 0. The summed E-state index contributed by atoms with van der Waals surface area (Å²) in [5.74, 6) is 3.43. The Balaban J connectivity index is 1.58. The molecule has 8 aromatic rings. The molecule has 0 radical (unpaired) electrons. The lowest BCUT2D eigenvalue weighted by Crippen LogP contribution is -2.49. The van der Waals surface area contributed by atoms with E-state index in [-0.39, 0.29) is 5.92 Å². The van der Waals surface area contributed by atoms with Crippen LogP contribution in [-0.4, -0.2) is 188 Å². The summed E-state index contributed by atoms with van der Waals surface area (Å²) in [6.45, 7) is 0. The number of rotatable bonds is 5. The van der Waals surface area contributed by atoms with Gasteiger partial charge in [-0.3, -0.25) is 0 Å². The van der Waals surface area contributed by atoms with Crippen LogP contribution in [0, 0.1) is 12.3 Å². The first-order valence-electron chi connectivity index (χ1n) is 25.5. The molecule has 0 aliphatic heterocycles. The average Bonchev–Trinajstić information content (AvgIpc) is 3.61. The predicted molar refractivity (Wildman–Crippen MR) is 383 cm³/mol. The molecule has 0 heterocycles. The van der Waals surface area contributed by atoms with Crippen LogP contribution < -0.4 is 109 Å². The first-order chi connectivity index (χ1) is 31.8. The highest BCUT2D eigenvalue weighted by Gasteiger charge is 2.37. The maximum Gasteiger partial charge on any atom is 0.140 e. The molecular weight excluding hydrogens is 788 g/mol. The molecule has 1 atom stereocenters. The lowest BCUT2D eigenvalue weighted by atomic mass is 9.56. The van der Waals surface area contributed by atoms with Gasteiger partial charge in [0.25, 0.3) is 0 Å². The summed E-state index contributed by atoms with van der Waals surface area (Å²) < 4.78 is 0. The molecule has 0 fully saturated rings. The summed E-state index contributed by atoms with van der Waals surface area (Å²) in [5.41, 5.74) is 39.8. The largest absolute Gasteiger partial charge is 0.140 e. The third-order valence-corrected chi connectivity index (χ3v) is 19.6. The molecular formula is C44H52B24. The fraction of sp³-hybridized carbons (Fsp3) is 0.0455. The Kier molecular flexibility index (Phi) is 11.9. The molecule has 68 heavy (non-hydrogen) atoms. The quantitative estimate of drug-likeness (QED) is 0.0701. The summed E-state index contributed by atoms with van der Waals surface area (Å²) in [5, 5.41) is 15.9. The van der Waals surface area contributed by atoms with Crippen molar-refractivity contribution >= 4 is 357 Å². The monoisotopic (exact) mass is 845 g/mol. The molecule has 0 spiro atoms. The highest BCUT2D eigenvalue weighted by Crippen LogP contribution is 2.42. The first kappa shape index (κ1) is 48.9. The van der Waals surface area contributed by atoms with Crippen molar-refractivity contribution in [1.82, 2.24) is 0 Å². The van der Waals surface area contributed by atoms with Crippen LogP contribution in [0.2, 0.25) is 6.32 Å². The molecule has 0 aromatic heterocycles. The van der Waals surface area contributed by atoms with Crippen molar-refractivity contribution in [1.29, 1.82) is 0 Å². The number of benzene rings is 8. The van der Waals surface area contributed by atoms with Gasteiger partial charge >= 0.3 is 0 Å². The minimum absolute atomic E-state index is 0.0154. The van der Waals surface area contributed by atoms with Gasteiger partial charge in [0.05, 0.1) is 0 Å². The molecule has 24 heteroatoms. The van der Waals surface area contributed by atoms with Crippen molar-refractivity contribution < 1.29 is 0 Å². The number of hydrogen-bond acceptors (Lipinski definition) is 0. The molecule has 0 saturated heterocycles. The Hall–Kier alpha value is -4.08. The standard InChI is InChI=1S/C44H52B24/c1-2-4(23(47)24(48)5(46)3-45)6-11(14-12-7-9-18(33(57)28(12)52)39(63)43(67)41(65)20(9)36(60)31(55)16(7)26(14)50)25(49)22(38(62)27(6)51)15-13-8-10-19(34(58)29(13)53)40(64)44(68)42(66)21(10)37(61)35(59)17(8)32(56)30(15)54/h1,14H,3,45-68H2/b23-4-,24-5-. The van der Waals surface area contributed by atoms with Gasteiger partial charge < -0.3 is 0 Å². The third kappa shape index (κ3) is 5.99. The smallest absolute Gasteiger partial charge is 0.124 e. The number of allylic oxidation sites excluding steroid dienone is 4. The van der Waals surface area contributed by atoms with Gasteiger partial charge in [-0.05, 0) is 86.9 Å². The minimum atomic E-state index is 0.0154. The fourth-order valence-electron chi connectivity index (χ4n) is 14.3. The highest BCUT2D eigenvalue weighted by atomic mass is 14.4. The lowest BCUT2D eigenvalue weighted by molar-refractivity contribution is 1.12. The molecule has 1 aliphatic carbocycles. The molecule has 0 nitrogen and oxygen atoms in total. The Morgan fingerprint density at radius 3 is 1.18 bits per heavy atom. The van der Waals surface area contributed by atoms with Crippen molar-refractivity contribution in [2.45, 2.75) is 12.2 Å². The Morgan fingerprint density at radius 1 is 0.353 bits per heavy atom. The first-order valence-corrected chi connectivity index (χ1v) is 25.5. The van der Waals surface area contributed by atoms with E-state index >= 15 is 0 Å². The van der Waals surface area contributed by atoms with Crippen LogP contribution in [0.25, 0.3) is 76.0 Å². The van der Waals surface area contributed by atoms with Crippen molar-refractivity contribution in [2.24, 2.45) is 0 Å². The van der Waals surface area contributed by atoms with Crippen LogP contribution in [0.3, 0.4) is 0 Å². The second kappa shape index (κ2) is 16.5. The molecule has 1 unspecified atom stereocenters. The van der Waals surface area contributed by atoms with Crippen LogP contribution in [0.4, 0.5) is 0 Å². The van der Waals surface area contributed by atoms with Crippen molar-refractivity contribution in [3.63, 3.8) is 0 Å². The van der Waals surface area contributed by atoms with E-state index < -0.39 is 0 Å². The van der Waals surface area contributed by atoms with E-state index in [0.29, 0.717) is 0 Å². The molecule has 9 rings (SSSR count). The fourth-order valence-corrected chi connectivity index (χ4v) is 14.3. The predicted octanol–water partition coefficient (Wildman–Crippen LogP) is -27.4. The van der Waals surface area contributed by atoms with Crippen LogP contribution >= 0.6 is 0 Å². The second-order valence-corrected chi connectivity index (χ2v) is 22.0. The van der Waals surface area contributed by atoms with Crippen molar-refractivity contribution in [3.05, 3.63) is 38.3 Å². The van der Waals surface area contributed by atoms with Gasteiger partial charge in [0.15, 0.2) is 0 Å². The summed E-state index contributed by atoms with van der Waals surface area (Å²) in [6, 6.07) is 0. The SMILES string of the molecule is BC/C(B)=C(B)\C(B)=C(/C#C)c1c(B)c(B)c(-c2c(B)c(B)c3c(B)c(B)c4c(B)c(B)c(B)c5c(B)c(B)c2c3c45)c(B)c1C1C(B)=c2c(B)c(B)c3c(B)c(B)c(B)c4c(B)c(B)c1c2c43. The van der Waals surface area contributed by atoms with E-state index in [2.05, 4.69) is 194 Å². The van der Waals surface area contributed by atoms with Gasteiger partial charge in [-0.2, -0.15) is 0 Å². The Labute approximate surface area is 428 Å². The average molecular weight is 840 g/mol. The second-order valence-electron chi connectivity index (χ2n) is 22.0. The van der Waals surface area contributed by atoms with E-state index in [4.69, 9.17) is 6.42 Å². The number of terminal acetylenes is 1. The van der Waals surface area contributed by atoms with Crippen molar-refractivity contribution in [2.75, 3.05) is 0 Å². The van der Waals surface area contributed by atoms with E-state index in [1.54, 1.807) is 0 Å². The minimum Gasteiger partial charge on any atom is -0.124 e. The van der Waals surface area contributed by atoms with Crippen LogP contribution in [0.1, 0.15) is 22.6 Å². The summed E-state index contributed by atoms with van der Waals surface area (Å²) in [4.78, 5) is 0. The van der Waals surface area contributed by atoms with E-state index in [1.807, 2.05) is 0 Å². The third-order valence-electron chi connectivity index (χ3n) is 19.6. The summed E-state index contributed by atoms with van der Waals surface area (Å²) in [6.07, 6.45) is 7.92. The van der Waals surface area contributed by atoms with Gasteiger partial charge in [-0.25, -0.2) is 0 Å². The molecule has 0 saturated carbocycles. The van der Waals surface area contributed by atoms with Gasteiger partial charge in [-0.1, -0.05) is 116 Å². The van der Waals surface area contributed by atoms with Gasteiger partial charge in [0, 0.05) is 11.5 Å². The van der Waals surface area contributed by atoms with E-state index in [9.17, 15) is 0 Å². The van der Waals surface area contributed by atoms with Crippen LogP contribution in [-0.2, 0) is 0 Å². The molecule has 8 aromatic carbocycles. The normalized spacial score (nSPS) is 14.5. The molecule has 0 N–H and O–H groups in total. The molecule has 0 bridgehead atoms. The van der Waals surface area contributed by atoms with Crippen LogP contribution in [0.15, 0.2) is 16.4 Å². The zero-order valence-corrected chi connectivity index (χ0v) is 46.4. The van der Waals surface area contributed by atoms with Gasteiger partial charge in [0.1, 0.15) is 188 Å². The lowest BCUT2D eigenvalue weighted by Gasteiger charge is -2.33. The van der Waals surface area contributed by atoms with Gasteiger partial charge in [0.2, 0.25) is 0 Å². The molecule has 0 amide bonds. The zero-order valence-electron chi connectivity index (χ0n) is 46.4. The Morgan fingerprint density at radius 2 is 0.721 bits per heavy atom. The maximum atomic E-state index is 6.93. The maximum absolute atomic E-state index is 6.93. The van der Waals surface area contributed by atoms with Gasteiger partial charge in [-0.15, -0.1) is 28.3 Å². The topological polar surface area (TPSA) is 0 Å². The van der Waals surface area contributed by atoms with E-state index in [1.165, 1.54) is 213 Å².